The van der Waals surface area contributed by atoms with Gasteiger partial charge < -0.3 is 25.4 Å². The molecule has 0 spiro atoms. The molecule has 1 unspecified atom stereocenters. The van der Waals surface area contributed by atoms with Crippen molar-refractivity contribution in [3.05, 3.63) is 58.3 Å². The van der Waals surface area contributed by atoms with Crippen LogP contribution in [-0.2, 0) is 36.9 Å². The van der Waals surface area contributed by atoms with Gasteiger partial charge in [-0.05, 0) is 17.0 Å². The van der Waals surface area contributed by atoms with Crippen LogP contribution in [0.2, 0.25) is 0 Å². The van der Waals surface area contributed by atoms with Gasteiger partial charge in [0.05, 0.1) is 0 Å². The zero-order valence-electron chi connectivity index (χ0n) is 16.1. The summed E-state index contributed by atoms with van der Waals surface area (Å²) in [5.41, 5.74) is 0.808. The van der Waals surface area contributed by atoms with Crippen LogP contribution in [0.3, 0.4) is 0 Å². The van der Waals surface area contributed by atoms with Crippen molar-refractivity contribution in [1.82, 2.24) is 16.0 Å². The Bertz CT molecular complexity index is 903. The molecule has 1 aliphatic heterocycles. The molecular formula is C20H21N3O6S. The number of carbonyl (C=O) groups excluding carboxylic acids is 4. The molecule has 1 saturated heterocycles. The highest BCUT2D eigenvalue weighted by Gasteiger charge is 2.44. The molecule has 1 aromatic carbocycles. The number of β-lactam (4-membered cyclic amide) rings is 1. The van der Waals surface area contributed by atoms with Crippen LogP contribution in [0.5, 0.6) is 0 Å². The van der Waals surface area contributed by atoms with Crippen LogP contribution < -0.4 is 16.0 Å². The van der Waals surface area contributed by atoms with E-state index >= 15 is 0 Å². The van der Waals surface area contributed by atoms with Crippen molar-refractivity contribution >= 4 is 35.2 Å². The van der Waals surface area contributed by atoms with Crippen LogP contribution in [0, 0.1) is 0 Å². The zero-order valence-corrected chi connectivity index (χ0v) is 16.9. The van der Waals surface area contributed by atoms with Crippen molar-refractivity contribution < 1.29 is 28.7 Å². The molecule has 0 saturated carbocycles. The van der Waals surface area contributed by atoms with Gasteiger partial charge in [-0.2, -0.15) is 0 Å². The van der Waals surface area contributed by atoms with E-state index in [-0.39, 0.29) is 13.0 Å². The monoisotopic (exact) mass is 431 g/mol. The van der Waals surface area contributed by atoms with Gasteiger partial charge in [0.15, 0.2) is 6.04 Å². The lowest BCUT2D eigenvalue weighted by atomic mass is 10.1. The van der Waals surface area contributed by atoms with E-state index in [1.54, 1.807) is 0 Å². The van der Waals surface area contributed by atoms with E-state index in [0.29, 0.717) is 0 Å². The summed E-state index contributed by atoms with van der Waals surface area (Å²) in [6.45, 7) is 1.26. The van der Waals surface area contributed by atoms with Crippen LogP contribution >= 0.6 is 11.3 Å². The second-order valence-corrected chi connectivity index (χ2v) is 7.60. The minimum absolute atomic E-state index is 0.0551. The van der Waals surface area contributed by atoms with Gasteiger partial charge in [-0.15, -0.1) is 11.3 Å². The second kappa shape index (κ2) is 9.88. The van der Waals surface area contributed by atoms with E-state index in [9.17, 15) is 19.2 Å². The summed E-state index contributed by atoms with van der Waals surface area (Å²) in [5.74, 6) is -1.65. The molecule has 1 aromatic heterocycles. The second-order valence-electron chi connectivity index (χ2n) is 6.57. The van der Waals surface area contributed by atoms with Gasteiger partial charge in [-0.1, -0.05) is 36.4 Å². The number of nitrogens with one attached hydrogen (secondary N) is 3. The minimum Gasteiger partial charge on any atom is -0.445 e. The lowest BCUT2D eigenvalue weighted by molar-refractivity contribution is -0.164. The number of thiophene rings is 1. The first-order chi connectivity index (χ1) is 14.4. The molecule has 9 nitrogen and oxygen atoms in total. The Morgan fingerprint density at radius 2 is 1.93 bits per heavy atom. The van der Waals surface area contributed by atoms with E-state index in [2.05, 4.69) is 16.0 Å². The Hall–Kier alpha value is -3.40. The molecule has 1 aliphatic rings. The highest BCUT2D eigenvalue weighted by atomic mass is 32.1. The quantitative estimate of drug-likeness (QED) is 0.425. The third kappa shape index (κ3) is 5.80. The van der Waals surface area contributed by atoms with E-state index in [0.717, 1.165) is 10.4 Å². The summed E-state index contributed by atoms with van der Waals surface area (Å²) in [6.07, 6.45) is -1.48. The van der Waals surface area contributed by atoms with Crippen LogP contribution in [0.4, 0.5) is 4.79 Å². The van der Waals surface area contributed by atoms with Crippen LogP contribution in [0.1, 0.15) is 17.4 Å². The number of carbonyl (C=O) groups is 4. The average Bonchev–Trinajstić information content (AvgIpc) is 3.23. The van der Waals surface area contributed by atoms with Gasteiger partial charge in [-0.25, -0.2) is 4.79 Å². The molecule has 3 rings (SSSR count). The molecule has 30 heavy (non-hydrogen) atoms. The number of rotatable bonds is 8. The SMILES string of the molecule is CC(=O)O[C@@H]1NC(=O)[C@H]1NC(=O)C(Cc1cccs1)NC(=O)OCc1ccccc1. The zero-order chi connectivity index (χ0) is 21.5. The number of amides is 3. The summed E-state index contributed by atoms with van der Waals surface area (Å²) in [4.78, 5) is 48.7. The number of hydrogen-bond acceptors (Lipinski definition) is 7. The number of esters is 1. The summed E-state index contributed by atoms with van der Waals surface area (Å²) in [5, 5.41) is 9.30. The fourth-order valence-corrected chi connectivity index (χ4v) is 3.52. The largest absolute Gasteiger partial charge is 0.445 e. The molecule has 0 aliphatic carbocycles. The molecule has 3 N–H and O–H groups in total. The van der Waals surface area contributed by atoms with Gasteiger partial charge in [0.2, 0.25) is 12.1 Å². The minimum atomic E-state index is -1.02. The Labute approximate surface area is 176 Å². The highest BCUT2D eigenvalue weighted by Crippen LogP contribution is 2.13. The molecule has 1 fully saturated rings. The Balaban J connectivity index is 1.61. The van der Waals surface area contributed by atoms with E-state index in [4.69, 9.17) is 9.47 Å². The molecule has 0 bridgehead atoms. The molecule has 2 aromatic rings. The van der Waals surface area contributed by atoms with E-state index in [1.807, 2.05) is 47.8 Å². The maximum absolute atomic E-state index is 12.8. The van der Waals surface area contributed by atoms with Crippen molar-refractivity contribution in [3.8, 4) is 0 Å². The average molecular weight is 431 g/mol. The van der Waals surface area contributed by atoms with E-state index in [1.165, 1.54) is 18.3 Å². The summed E-state index contributed by atoms with van der Waals surface area (Å²) >= 11 is 1.43. The Kier molecular flexibility index (Phi) is 7.02. The van der Waals surface area contributed by atoms with Gasteiger partial charge >= 0.3 is 12.1 Å². The number of ether oxygens (including phenoxy) is 2. The Morgan fingerprint density at radius 3 is 2.57 bits per heavy atom. The van der Waals surface area contributed by atoms with Gasteiger partial charge in [-0.3, -0.25) is 14.4 Å². The number of benzene rings is 1. The van der Waals surface area contributed by atoms with Crippen molar-refractivity contribution in [2.45, 2.75) is 38.3 Å². The third-order valence-electron chi connectivity index (χ3n) is 4.27. The van der Waals surface area contributed by atoms with Gasteiger partial charge in [0, 0.05) is 18.2 Å². The molecule has 2 heterocycles. The van der Waals surface area contributed by atoms with Crippen molar-refractivity contribution in [1.29, 1.82) is 0 Å². The number of hydrogen-bond donors (Lipinski definition) is 3. The third-order valence-corrected chi connectivity index (χ3v) is 5.17. The highest BCUT2D eigenvalue weighted by molar-refractivity contribution is 7.09. The fraction of sp³-hybridized carbons (Fsp3) is 0.300. The molecule has 10 heteroatoms. The smallest absolute Gasteiger partial charge is 0.408 e. The molecule has 158 valence electrons. The lowest BCUT2D eigenvalue weighted by Gasteiger charge is -2.36. The predicted molar refractivity (Wildman–Crippen MR) is 107 cm³/mol. The van der Waals surface area contributed by atoms with Crippen molar-refractivity contribution in [3.63, 3.8) is 0 Å². The van der Waals surface area contributed by atoms with Crippen LogP contribution in [0.15, 0.2) is 47.8 Å². The lowest BCUT2D eigenvalue weighted by Crippen LogP contribution is -2.71. The standard InChI is InChI=1S/C20H21N3O6S/c1-12(24)29-19-16(18(26)23-19)22-17(25)15(10-14-8-5-9-30-14)21-20(27)28-11-13-6-3-2-4-7-13/h2-9,15-16,19H,10-11H2,1H3,(H,21,27)(H,22,25)(H,23,26)/t15?,16-,19+/m1/s1. The first kappa shape index (κ1) is 21.3. The molecule has 0 radical (unpaired) electrons. The van der Waals surface area contributed by atoms with E-state index < -0.39 is 42.2 Å². The summed E-state index contributed by atoms with van der Waals surface area (Å²) in [7, 11) is 0. The molecule has 3 amide bonds. The van der Waals surface area contributed by atoms with Crippen LogP contribution in [0.25, 0.3) is 0 Å². The fourth-order valence-electron chi connectivity index (χ4n) is 2.77. The van der Waals surface area contributed by atoms with Crippen LogP contribution in [-0.4, -0.2) is 42.2 Å². The topological polar surface area (TPSA) is 123 Å². The van der Waals surface area contributed by atoms with Gasteiger partial charge in [0.1, 0.15) is 12.6 Å². The molecular weight excluding hydrogens is 410 g/mol. The van der Waals surface area contributed by atoms with Crippen molar-refractivity contribution in [2.24, 2.45) is 0 Å². The molecule has 3 atom stereocenters. The predicted octanol–water partition coefficient (Wildman–Crippen LogP) is 1.09. The van der Waals surface area contributed by atoms with Gasteiger partial charge in [0.25, 0.3) is 5.91 Å². The summed E-state index contributed by atoms with van der Waals surface area (Å²) < 4.78 is 10.1. The first-order valence-electron chi connectivity index (χ1n) is 9.20. The normalized spacial score (nSPS) is 18.4. The maximum atomic E-state index is 12.8. The first-order valence-corrected chi connectivity index (χ1v) is 10.1. The maximum Gasteiger partial charge on any atom is 0.408 e. The number of alkyl carbamates (subject to hydrolysis) is 1. The summed E-state index contributed by atoms with van der Waals surface area (Å²) in [6, 6.07) is 10.8. The Morgan fingerprint density at radius 1 is 1.17 bits per heavy atom. The van der Waals surface area contributed by atoms with Crippen molar-refractivity contribution in [2.75, 3.05) is 0 Å².